The molecule has 0 atom stereocenters. The summed E-state index contributed by atoms with van der Waals surface area (Å²) < 4.78 is 0. The molecule has 0 unspecified atom stereocenters. The number of hydrogen-bond acceptors (Lipinski definition) is 2. The van der Waals surface area contributed by atoms with Gasteiger partial charge in [-0.1, -0.05) is 24.3 Å². The van der Waals surface area contributed by atoms with Gasteiger partial charge in [0.2, 0.25) is 0 Å². The third-order valence-electron chi connectivity index (χ3n) is 4.37. The van der Waals surface area contributed by atoms with Gasteiger partial charge in [0.1, 0.15) is 0 Å². The van der Waals surface area contributed by atoms with Crippen LogP contribution in [0.15, 0.2) is 24.3 Å². The fourth-order valence-electron chi connectivity index (χ4n) is 2.95. The topological polar surface area (TPSA) is 35.8 Å². The Kier molecular flexibility index (Phi) is 4.50. The predicted octanol–water partition coefficient (Wildman–Crippen LogP) is 3.42. The standard InChI is InChI=1S/C16H20N2.ClH/c17-12-16(7-9-18-10-8-16)11-13-1-3-14(4-2-13)15-5-6-15;/h1-4,15,18H,5-11H2;1H. The Morgan fingerprint density at radius 2 is 1.79 bits per heavy atom. The minimum absolute atomic E-state index is 0. The van der Waals surface area contributed by atoms with Gasteiger partial charge in [0, 0.05) is 0 Å². The summed E-state index contributed by atoms with van der Waals surface area (Å²) in [5.41, 5.74) is 2.67. The predicted molar refractivity (Wildman–Crippen MR) is 79.5 cm³/mol. The van der Waals surface area contributed by atoms with Gasteiger partial charge in [0.05, 0.1) is 11.5 Å². The molecule has 1 aromatic carbocycles. The lowest BCUT2D eigenvalue weighted by atomic mass is 9.75. The molecular formula is C16H21ClN2. The highest BCUT2D eigenvalue weighted by Gasteiger charge is 2.32. The Hall–Kier alpha value is -1.04. The first-order chi connectivity index (χ1) is 8.81. The second-order valence-corrected chi connectivity index (χ2v) is 5.83. The van der Waals surface area contributed by atoms with Crippen LogP contribution in [0, 0.1) is 16.7 Å². The van der Waals surface area contributed by atoms with Gasteiger partial charge in [-0.05, 0) is 62.2 Å². The first kappa shape index (κ1) is 14.4. The van der Waals surface area contributed by atoms with Gasteiger partial charge < -0.3 is 5.32 Å². The lowest BCUT2D eigenvalue weighted by molar-refractivity contribution is 0.280. The van der Waals surface area contributed by atoms with E-state index in [1.165, 1.54) is 24.0 Å². The van der Waals surface area contributed by atoms with Crippen molar-refractivity contribution in [1.29, 1.82) is 5.26 Å². The second-order valence-electron chi connectivity index (χ2n) is 5.83. The quantitative estimate of drug-likeness (QED) is 0.918. The van der Waals surface area contributed by atoms with E-state index in [2.05, 4.69) is 35.7 Å². The van der Waals surface area contributed by atoms with Gasteiger partial charge in [-0.15, -0.1) is 12.4 Å². The van der Waals surface area contributed by atoms with Crippen molar-refractivity contribution in [3.05, 3.63) is 35.4 Å². The summed E-state index contributed by atoms with van der Waals surface area (Å²) in [7, 11) is 0. The zero-order valence-corrected chi connectivity index (χ0v) is 12.0. The van der Waals surface area contributed by atoms with Crippen molar-refractivity contribution in [1.82, 2.24) is 5.32 Å². The van der Waals surface area contributed by atoms with Gasteiger partial charge in [0.15, 0.2) is 0 Å². The van der Waals surface area contributed by atoms with E-state index < -0.39 is 0 Å². The maximum absolute atomic E-state index is 9.48. The number of nitrogens with one attached hydrogen (secondary N) is 1. The maximum Gasteiger partial charge on any atom is 0.0694 e. The molecule has 3 heteroatoms. The molecular weight excluding hydrogens is 256 g/mol. The third kappa shape index (κ3) is 3.29. The van der Waals surface area contributed by atoms with E-state index in [4.69, 9.17) is 0 Å². The van der Waals surface area contributed by atoms with Crippen LogP contribution in [0.2, 0.25) is 0 Å². The molecule has 0 spiro atoms. The summed E-state index contributed by atoms with van der Waals surface area (Å²) in [6.07, 6.45) is 5.58. The largest absolute Gasteiger partial charge is 0.317 e. The molecule has 1 saturated heterocycles. The zero-order chi connectivity index (χ0) is 12.4. The van der Waals surface area contributed by atoms with Crippen LogP contribution in [0.3, 0.4) is 0 Å². The van der Waals surface area contributed by atoms with Crippen LogP contribution in [-0.4, -0.2) is 13.1 Å². The van der Waals surface area contributed by atoms with Crippen LogP contribution >= 0.6 is 12.4 Å². The molecule has 1 heterocycles. The van der Waals surface area contributed by atoms with Crippen molar-refractivity contribution in [2.24, 2.45) is 5.41 Å². The van der Waals surface area contributed by atoms with Crippen molar-refractivity contribution in [2.75, 3.05) is 13.1 Å². The SMILES string of the molecule is Cl.N#CC1(Cc2ccc(C3CC3)cc2)CCNCC1. The highest BCUT2D eigenvalue weighted by atomic mass is 35.5. The molecule has 1 N–H and O–H groups in total. The molecule has 0 radical (unpaired) electrons. The van der Waals surface area contributed by atoms with Gasteiger partial charge >= 0.3 is 0 Å². The van der Waals surface area contributed by atoms with E-state index in [-0.39, 0.29) is 17.8 Å². The number of nitriles is 1. The Labute approximate surface area is 121 Å². The molecule has 102 valence electrons. The van der Waals surface area contributed by atoms with Crippen LogP contribution in [0.5, 0.6) is 0 Å². The van der Waals surface area contributed by atoms with E-state index >= 15 is 0 Å². The lowest BCUT2D eigenvalue weighted by Crippen LogP contribution is -2.37. The fraction of sp³-hybridized carbons (Fsp3) is 0.562. The first-order valence-corrected chi connectivity index (χ1v) is 7.02. The van der Waals surface area contributed by atoms with E-state index in [0.717, 1.165) is 38.3 Å². The summed E-state index contributed by atoms with van der Waals surface area (Å²) >= 11 is 0. The highest BCUT2D eigenvalue weighted by Crippen LogP contribution is 2.40. The summed E-state index contributed by atoms with van der Waals surface area (Å²) in [6, 6.07) is 11.6. The molecule has 0 aromatic heterocycles. The number of piperidine rings is 1. The van der Waals surface area contributed by atoms with E-state index in [0.29, 0.717) is 0 Å². The third-order valence-corrected chi connectivity index (χ3v) is 4.37. The van der Waals surface area contributed by atoms with Crippen molar-refractivity contribution >= 4 is 12.4 Å². The monoisotopic (exact) mass is 276 g/mol. The summed E-state index contributed by atoms with van der Waals surface area (Å²) in [5, 5.41) is 12.8. The molecule has 2 nitrogen and oxygen atoms in total. The average Bonchev–Trinajstić information content (AvgIpc) is 3.25. The van der Waals surface area contributed by atoms with Gasteiger partial charge in [0.25, 0.3) is 0 Å². The van der Waals surface area contributed by atoms with Crippen LogP contribution in [0.4, 0.5) is 0 Å². The molecule has 1 aliphatic heterocycles. The Morgan fingerprint density at radius 1 is 1.16 bits per heavy atom. The van der Waals surface area contributed by atoms with Crippen LogP contribution in [0.25, 0.3) is 0 Å². The normalized spacial score (nSPS) is 21.2. The smallest absolute Gasteiger partial charge is 0.0694 e. The highest BCUT2D eigenvalue weighted by molar-refractivity contribution is 5.85. The average molecular weight is 277 g/mol. The fourth-order valence-corrected chi connectivity index (χ4v) is 2.95. The summed E-state index contributed by atoms with van der Waals surface area (Å²) in [5.74, 6) is 0.822. The minimum atomic E-state index is -0.133. The molecule has 3 rings (SSSR count). The van der Waals surface area contributed by atoms with Crippen LogP contribution in [-0.2, 0) is 6.42 Å². The molecule has 1 aliphatic carbocycles. The maximum atomic E-state index is 9.48. The minimum Gasteiger partial charge on any atom is -0.317 e. The number of benzene rings is 1. The van der Waals surface area contributed by atoms with Crippen LogP contribution < -0.4 is 5.32 Å². The number of nitrogens with zero attached hydrogens (tertiary/aromatic N) is 1. The Balaban J connectivity index is 0.00000133. The Morgan fingerprint density at radius 3 is 2.32 bits per heavy atom. The number of rotatable bonds is 3. The zero-order valence-electron chi connectivity index (χ0n) is 11.2. The molecule has 19 heavy (non-hydrogen) atoms. The number of hydrogen-bond donors (Lipinski definition) is 1. The van der Waals surface area contributed by atoms with E-state index in [9.17, 15) is 5.26 Å². The molecule has 2 aliphatic rings. The molecule has 1 aromatic rings. The van der Waals surface area contributed by atoms with Gasteiger partial charge in [-0.3, -0.25) is 0 Å². The van der Waals surface area contributed by atoms with Crippen LogP contribution in [0.1, 0.15) is 42.7 Å². The van der Waals surface area contributed by atoms with Gasteiger partial charge in [-0.25, -0.2) is 0 Å². The second kappa shape index (κ2) is 5.94. The molecule has 1 saturated carbocycles. The molecule has 0 amide bonds. The van der Waals surface area contributed by atoms with E-state index in [1.54, 1.807) is 0 Å². The Bertz CT molecular complexity index is 451. The van der Waals surface area contributed by atoms with Crippen molar-refractivity contribution < 1.29 is 0 Å². The van der Waals surface area contributed by atoms with Crippen molar-refractivity contribution in [2.45, 2.75) is 38.0 Å². The summed E-state index contributed by atoms with van der Waals surface area (Å²) in [4.78, 5) is 0. The molecule has 0 bridgehead atoms. The molecule has 2 fully saturated rings. The van der Waals surface area contributed by atoms with E-state index in [1.807, 2.05) is 0 Å². The van der Waals surface area contributed by atoms with Crippen molar-refractivity contribution in [3.8, 4) is 6.07 Å². The summed E-state index contributed by atoms with van der Waals surface area (Å²) in [6.45, 7) is 1.96. The van der Waals surface area contributed by atoms with Gasteiger partial charge in [-0.2, -0.15) is 5.26 Å². The number of halogens is 1. The van der Waals surface area contributed by atoms with Crippen molar-refractivity contribution in [3.63, 3.8) is 0 Å². The first-order valence-electron chi connectivity index (χ1n) is 7.02. The lowest BCUT2D eigenvalue weighted by Gasteiger charge is -2.31.